The Hall–Kier alpha value is -1.47. The van der Waals surface area contributed by atoms with Crippen molar-refractivity contribution >= 4 is 5.78 Å². The third-order valence-corrected chi connectivity index (χ3v) is 2.53. The Morgan fingerprint density at radius 2 is 2.05 bits per heavy atom. The standard InChI is InChI=1S/C12H13F4NO2/c1-19-5-4-10(17)11(18)7-2-3-8(9(13)6-7)12(14,15)16/h2-3,6,10H,4-5,17H2,1H3. The number of ether oxygens (including phenoxy) is 1. The lowest BCUT2D eigenvalue weighted by Gasteiger charge is -2.12. The molecule has 1 atom stereocenters. The highest BCUT2D eigenvalue weighted by Gasteiger charge is 2.34. The molecule has 0 radical (unpaired) electrons. The van der Waals surface area contributed by atoms with Gasteiger partial charge < -0.3 is 10.5 Å². The van der Waals surface area contributed by atoms with Gasteiger partial charge in [0.1, 0.15) is 5.82 Å². The van der Waals surface area contributed by atoms with Gasteiger partial charge in [0.2, 0.25) is 0 Å². The molecule has 1 aromatic carbocycles. The summed E-state index contributed by atoms with van der Waals surface area (Å²) in [6, 6.07) is 1.07. The van der Waals surface area contributed by atoms with E-state index >= 15 is 0 Å². The van der Waals surface area contributed by atoms with Gasteiger partial charge in [0.15, 0.2) is 5.78 Å². The van der Waals surface area contributed by atoms with Gasteiger partial charge in [0, 0.05) is 19.3 Å². The first-order chi connectivity index (χ1) is 8.77. The largest absolute Gasteiger partial charge is 0.419 e. The molecule has 7 heteroatoms. The maximum Gasteiger partial charge on any atom is 0.419 e. The molecule has 0 aliphatic heterocycles. The van der Waals surface area contributed by atoms with E-state index in [9.17, 15) is 22.4 Å². The first-order valence-electron chi connectivity index (χ1n) is 5.43. The maximum absolute atomic E-state index is 13.3. The molecule has 0 aliphatic carbocycles. The molecular weight excluding hydrogens is 266 g/mol. The van der Waals surface area contributed by atoms with Crippen LogP contribution in [0.15, 0.2) is 18.2 Å². The lowest BCUT2D eigenvalue weighted by atomic mass is 10.0. The molecule has 0 fully saturated rings. The predicted octanol–water partition coefficient (Wildman–Crippen LogP) is 2.39. The molecule has 0 spiro atoms. The van der Waals surface area contributed by atoms with Gasteiger partial charge in [-0.15, -0.1) is 0 Å². The molecule has 106 valence electrons. The van der Waals surface area contributed by atoms with Crippen molar-refractivity contribution in [1.29, 1.82) is 0 Å². The van der Waals surface area contributed by atoms with Crippen molar-refractivity contribution in [1.82, 2.24) is 0 Å². The van der Waals surface area contributed by atoms with Crippen LogP contribution in [0.5, 0.6) is 0 Å². The minimum atomic E-state index is -4.79. The number of alkyl halides is 3. The van der Waals surface area contributed by atoms with E-state index in [4.69, 9.17) is 10.5 Å². The van der Waals surface area contributed by atoms with Crippen LogP contribution in [0.25, 0.3) is 0 Å². The molecule has 3 nitrogen and oxygen atoms in total. The number of ketones is 1. The van der Waals surface area contributed by atoms with Gasteiger partial charge in [-0.1, -0.05) is 6.07 Å². The molecule has 0 heterocycles. The molecular formula is C12H13F4NO2. The monoisotopic (exact) mass is 279 g/mol. The number of hydrogen-bond acceptors (Lipinski definition) is 3. The summed E-state index contributed by atoms with van der Waals surface area (Å²) in [5, 5.41) is 0. The van der Waals surface area contributed by atoms with Crippen LogP contribution >= 0.6 is 0 Å². The fraction of sp³-hybridized carbons (Fsp3) is 0.417. The third-order valence-electron chi connectivity index (χ3n) is 2.53. The zero-order valence-corrected chi connectivity index (χ0v) is 10.1. The quantitative estimate of drug-likeness (QED) is 0.665. The van der Waals surface area contributed by atoms with Crippen LogP contribution in [0.1, 0.15) is 22.3 Å². The van der Waals surface area contributed by atoms with Gasteiger partial charge in [0.25, 0.3) is 0 Å². The summed E-state index contributed by atoms with van der Waals surface area (Å²) in [5.74, 6) is -2.11. The van der Waals surface area contributed by atoms with Crippen LogP contribution in [0.3, 0.4) is 0 Å². The van der Waals surface area contributed by atoms with Crippen molar-refractivity contribution in [2.24, 2.45) is 5.73 Å². The van der Waals surface area contributed by atoms with E-state index in [1.807, 2.05) is 0 Å². The van der Waals surface area contributed by atoms with E-state index in [2.05, 4.69) is 0 Å². The summed E-state index contributed by atoms with van der Waals surface area (Å²) in [4.78, 5) is 11.7. The van der Waals surface area contributed by atoms with E-state index in [0.717, 1.165) is 6.07 Å². The summed E-state index contributed by atoms with van der Waals surface area (Å²) >= 11 is 0. The molecule has 0 aromatic heterocycles. The molecule has 19 heavy (non-hydrogen) atoms. The van der Waals surface area contributed by atoms with Crippen molar-refractivity contribution in [2.75, 3.05) is 13.7 Å². The van der Waals surface area contributed by atoms with Crippen molar-refractivity contribution in [3.8, 4) is 0 Å². The number of methoxy groups -OCH3 is 1. The minimum Gasteiger partial charge on any atom is -0.385 e. The van der Waals surface area contributed by atoms with Gasteiger partial charge in [-0.3, -0.25) is 4.79 Å². The first kappa shape index (κ1) is 15.6. The third kappa shape index (κ3) is 4.00. The van der Waals surface area contributed by atoms with Crippen molar-refractivity contribution < 1.29 is 27.1 Å². The van der Waals surface area contributed by atoms with E-state index in [0.29, 0.717) is 12.1 Å². The number of nitrogens with two attached hydrogens (primary N) is 1. The molecule has 0 aliphatic rings. The first-order valence-corrected chi connectivity index (χ1v) is 5.43. The normalized spacial score (nSPS) is 13.4. The number of carbonyl (C=O) groups excluding carboxylic acids is 1. The fourth-order valence-electron chi connectivity index (χ4n) is 1.49. The van der Waals surface area contributed by atoms with Gasteiger partial charge in [-0.2, -0.15) is 13.2 Å². The zero-order valence-electron chi connectivity index (χ0n) is 10.1. The molecule has 1 unspecified atom stereocenters. The average molecular weight is 279 g/mol. The van der Waals surface area contributed by atoms with Gasteiger partial charge >= 0.3 is 6.18 Å². The van der Waals surface area contributed by atoms with E-state index in [1.54, 1.807) is 0 Å². The Bertz CT molecular complexity index is 460. The Kier molecular flexibility index (Phi) is 5.02. The highest BCUT2D eigenvalue weighted by Crippen LogP contribution is 2.31. The van der Waals surface area contributed by atoms with Crippen LogP contribution in [0.4, 0.5) is 17.6 Å². The molecule has 2 N–H and O–H groups in total. The summed E-state index contributed by atoms with van der Waals surface area (Å²) < 4.78 is 55.0. The fourth-order valence-corrected chi connectivity index (χ4v) is 1.49. The summed E-state index contributed by atoms with van der Waals surface area (Å²) in [7, 11) is 1.43. The summed E-state index contributed by atoms with van der Waals surface area (Å²) in [6.07, 6.45) is -4.58. The predicted molar refractivity (Wildman–Crippen MR) is 60.2 cm³/mol. The minimum absolute atomic E-state index is 0.186. The number of carbonyl (C=O) groups is 1. The maximum atomic E-state index is 13.3. The number of Topliss-reactive ketones (excluding diaryl/α,β-unsaturated/α-hetero) is 1. The van der Waals surface area contributed by atoms with Gasteiger partial charge in [0.05, 0.1) is 11.6 Å². The number of halogens is 4. The summed E-state index contributed by atoms with van der Waals surface area (Å²) in [6.45, 7) is 0.232. The number of rotatable bonds is 5. The SMILES string of the molecule is COCCC(N)C(=O)c1ccc(C(F)(F)F)c(F)c1. The topological polar surface area (TPSA) is 52.3 Å². The lowest BCUT2D eigenvalue weighted by molar-refractivity contribution is -0.140. The van der Waals surface area contributed by atoms with Crippen molar-refractivity contribution in [2.45, 2.75) is 18.6 Å². The van der Waals surface area contributed by atoms with Crippen LogP contribution in [-0.2, 0) is 10.9 Å². The Morgan fingerprint density at radius 1 is 1.42 bits per heavy atom. The van der Waals surface area contributed by atoms with Gasteiger partial charge in [-0.25, -0.2) is 4.39 Å². The zero-order chi connectivity index (χ0) is 14.6. The highest BCUT2D eigenvalue weighted by molar-refractivity contribution is 6.00. The van der Waals surface area contributed by atoms with Crippen LogP contribution in [-0.4, -0.2) is 25.5 Å². The van der Waals surface area contributed by atoms with Crippen LogP contribution in [0.2, 0.25) is 0 Å². The summed E-state index contributed by atoms with van der Waals surface area (Å²) in [5.41, 5.74) is 3.94. The Balaban J connectivity index is 2.92. The van der Waals surface area contributed by atoms with Crippen LogP contribution < -0.4 is 5.73 Å². The second-order valence-electron chi connectivity index (χ2n) is 3.94. The van der Waals surface area contributed by atoms with Crippen LogP contribution in [0, 0.1) is 5.82 Å². The van der Waals surface area contributed by atoms with E-state index in [1.165, 1.54) is 7.11 Å². The van der Waals surface area contributed by atoms with Crippen molar-refractivity contribution in [3.05, 3.63) is 35.1 Å². The van der Waals surface area contributed by atoms with Gasteiger partial charge in [-0.05, 0) is 18.6 Å². The molecule has 0 saturated carbocycles. The van der Waals surface area contributed by atoms with Crippen molar-refractivity contribution in [3.63, 3.8) is 0 Å². The number of benzene rings is 1. The Labute approximate surface area is 107 Å². The molecule has 1 aromatic rings. The number of hydrogen-bond donors (Lipinski definition) is 1. The second kappa shape index (κ2) is 6.12. The molecule has 0 amide bonds. The van der Waals surface area contributed by atoms with E-state index < -0.39 is 29.4 Å². The smallest absolute Gasteiger partial charge is 0.385 e. The highest BCUT2D eigenvalue weighted by atomic mass is 19.4. The lowest BCUT2D eigenvalue weighted by Crippen LogP contribution is -2.31. The molecule has 1 rings (SSSR count). The Morgan fingerprint density at radius 3 is 2.53 bits per heavy atom. The second-order valence-corrected chi connectivity index (χ2v) is 3.94. The molecule has 0 bridgehead atoms. The van der Waals surface area contributed by atoms with E-state index in [-0.39, 0.29) is 18.6 Å². The molecule has 0 saturated heterocycles. The average Bonchev–Trinajstić information content (AvgIpc) is 2.33.